The minimum absolute atomic E-state index is 0.0421. The highest BCUT2D eigenvalue weighted by Gasteiger charge is 2.29. The molecule has 0 unspecified atom stereocenters. The standard InChI is InChI=1S/C20H25NO2/c1-14(18-9-5-7-15-6-3-4-8-19(15)18)21(2)20(23)16-10-12-17(22)13-11-16/h3-9,14,16-17,22H,10-13H2,1-2H3/t14-,16?,17?/m0/s1. The van der Waals surface area contributed by atoms with Crippen LogP contribution >= 0.6 is 0 Å². The molecule has 1 aliphatic rings. The van der Waals surface area contributed by atoms with Gasteiger partial charge in [-0.2, -0.15) is 0 Å². The highest BCUT2D eigenvalue weighted by molar-refractivity contribution is 5.87. The Morgan fingerprint density at radius 3 is 2.48 bits per heavy atom. The lowest BCUT2D eigenvalue weighted by Gasteiger charge is -2.32. The molecule has 3 rings (SSSR count). The number of rotatable bonds is 3. The van der Waals surface area contributed by atoms with Crippen molar-refractivity contribution >= 4 is 16.7 Å². The van der Waals surface area contributed by atoms with Gasteiger partial charge in [0.15, 0.2) is 0 Å². The predicted octanol–water partition coefficient (Wildman–Crippen LogP) is 3.91. The van der Waals surface area contributed by atoms with Gasteiger partial charge in [0.1, 0.15) is 0 Å². The maximum atomic E-state index is 12.8. The molecule has 122 valence electrons. The zero-order valence-corrected chi connectivity index (χ0v) is 13.9. The third kappa shape index (κ3) is 3.25. The normalized spacial score (nSPS) is 22.7. The molecule has 2 aromatic rings. The minimum Gasteiger partial charge on any atom is -0.393 e. The van der Waals surface area contributed by atoms with Gasteiger partial charge in [0, 0.05) is 13.0 Å². The van der Waals surface area contributed by atoms with E-state index in [-0.39, 0.29) is 24.0 Å². The van der Waals surface area contributed by atoms with Crippen LogP contribution in [0.5, 0.6) is 0 Å². The number of aliphatic hydroxyl groups excluding tert-OH is 1. The van der Waals surface area contributed by atoms with Crippen LogP contribution in [0.25, 0.3) is 10.8 Å². The van der Waals surface area contributed by atoms with E-state index in [4.69, 9.17) is 0 Å². The van der Waals surface area contributed by atoms with E-state index in [9.17, 15) is 9.90 Å². The minimum atomic E-state index is -0.222. The summed E-state index contributed by atoms with van der Waals surface area (Å²) in [4.78, 5) is 14.7. The molecule has 0 bridgehead atoms. The maximum Gasteiger partial charge on any atom is 0.225 e. The molecule has 1 aliphatic carbocycles. The molecule has 0 radical (unpaired) electrons. The molecule has 1 fully saturated rings. The van der Waals surface area contributed by atoms with Gasteiger partial charge in [0.2, 0.25) is 5.91 Å². The highest BCUT2D eigenvalue weighted by atomic mass is 16.3. The lowest BCUT2D eigenvalue weighted by atomic mass is 9.86. The van der Waals surface area contributed by atoms with Crippen LogP contribution in [0, 0.1) is 5.92 Å². The van der Waals surface area contributed by atoms with Crippen LogP contribution < -0.4 is 0 Å². The quantitative estimate of drug-likeness (QED) is 0.933. The van der Waals surface area contributed by atoms with Crippen molar-refractivity contribution in [2.75, 3.05) is 7.05 Å². The van der Waals surface area contributed by atoms with Crippen LogP contribution in [0.2, 0.25) is 0 Å². The number of benzene rings is 2. The molecule has 1 saturated carbocycles. The molecule has 0 saturated heterocycles. The number of hydrogen-bond donors (Lipinski definition) is 1. The molecular weight excluding hydrogens is 286 g/mol. The van der Waals surface area contributed by atoms with Crippen molar-refractivity contribution in [1.29, 1.82) is 0 Å². The summed E-state index contributed by atoms with van der Waals surface area (Å²) in [5.41, 5.74) is 1.19. The fourth-order valence-electron chi connectivity index (χ4n) is 3.63. The summed E-state index contributed by atoms with van der Waals surface area (Å²) in [6.45, 7) is 2.09. The average molecular weight is 311 g/mol. The van der Waals surface area contributed by atoms with Crippen molar-refractivity contribution in [3.05, 3.63) is 48.0 Å². The molecule has 1 amide bonds. The van der Waals surface area contributed by atoms with Crippen LogP contribution in [0.15, 0.2) is 42.5 Å². The Hall–Kier alpha value is -1.87. The summed E-state index contributed by atoms with van der Waals surface area (Å²) in [7, 11) is 1.90. The number of carbonyl (C=O) groups excluding carboxylic acids is 1. The lowest BCUT2D eigenvalue weighted by molar-refractivity contribution is -0.137. The van der Waals surface area contributed by atoms with Crippen LogP contribution in [0.3, 0.4) is 0 Å². The van der Waals surface area contributed by atoms with Crippen LogP contribution in [0.4, 0.5) is 0 Å². The van der Waals surface area contributed by atoms with E-state index in [0.717, 1.165) is 25.7 Å². The van der Waals surface area contributed by atoms with Crippen molar-refractivity contribution in [2.45, 2.75) is 44.8 Å². The second kappa shape index (κ2) is 6.71. The third-order valence-electron chi connectivity index (χ3n) is 5.25. The molecular formula is C20H25NO2. The molecule has 23 heavy (non-hydrogen) atoms. The smallest absolute Gasteiger partial charge is 0.225 e. The van der Waals surface area contributed by atoms with E-state index in [2.05, 4.69) is 37.3 Å². The fraction of sp³-hybridized carbons (Fsp3) is 0.450. The fourth-order valence-corrected chi connectivity index (χ4v) is 3.63. The Bertz CT molecular complexity index is 684. The summed E-state index contributed by atoms with van der Waals surface area (Å²) in [6.07, 6.45) is 2.86. The van der Waals surface area contributed by atoms with Crippen molar-refractivity contribution in [3.63, 3.8) is 0 Å². The second-order valence-electron chi connectivity index (χ2n) is 6.70. The van der Waals surface area contributed by atoms with E-state index < -0.39 is 0 Å². The Morgan fingerprint density at radius 1 is 1.09 bits per heavy atom. The first-order valence-corrected chi connectivity index (χ1v) is 8.50. The second-order valence-corrected chi connectivity index (χ2v) is 6.70. The third-order valence-corrected chi connectivity index (χ3v) is 5.25. The summed E-state index contributed by atoms with van der Waals surface area (Å²) in [5.74, 6) is 0.262. The summed E-state index contributed by atoms with van der Waals surface area (Å²) >= 11 is 0. The molecule has 0 spiro atoms. The molecule has 0 aromatic heterocycles. The van der Waals surface area contributed by atoms with Gasteiger partial charge in [-0.1, -0.05) is 42.5 Å². The number of carbonyl (C=O) groups is 1. The van der Waals surface area contributed by atoms with Gasteiger partial charge < -0.3 is 10.0 Å². The average Bonchev–Trinajstić information content (AvgIpc) is 2.60. The largest absolute Gasteiger partial charge is 0.393 e. The number of aliphatic hydroxyl groups is 1. The number of hydrogen-bond acceptors (Lipinski definition) is 2. The van der Waals surface area contributed by atoms with Gasteiger partial charge in [0.25, 0.3) is 0 Å². The summed E-state index contributed by atoms with van der Waals surface area (Å²) in [5, 5.41) is 12.0. The van der Waals surface area contributed by atoms with Gasteiger partial charge in [-0.05, 0) is 48.9 Å². The van der Waals surface area contributed by atoms with Crippen molar-refractivity contribution in [2.24, 2.45) is 5.92 Å². The number of fused-ring (bicyclic) bond motifs is 1. The number of amides is 1. The van der Waals surface area contributed by atoms with E-state index >= 15 is 0 Å². The first-order valence-electron chi connectivity index (χ1n) is 8.50. The van der Waals surface area contributed by atoms with E-state index in [1.54, 1.807) is 0 Å². The van der Waals surface area contributed by atoms with Crippen molar-refractivity contribution in [3.8, 4) is 0 Å². The van der Waals surface area contributed by atoms with E-state index in [0.29, 0.717) is 0 Å². The number of nitrogens with zero attached hydrogens (tertiary/aromatic N) is 1. The lowest BCUT2D eigenvalue weighted by Crippen LogP contribution is -2.37. The predicted molar refractivity (Wildman–Crippen MR) is 93.1 cm³/mol. The first kappa shape index (κ1) is 16.0. The van der Waals surface area contributed by atoms with Gasteiger partial charge >= 0.3 is 0 Å². The van der Waals surface area contributed by atoms with Crippen LogP contribution in [-0.2, 0) is 4.79 Å². The monoisotopic (exact) mass is 311 g/mol. The van der Waals surface area contributed by atoms with Gasteiger partial charge in [0.05, 0.1) is 12.1 Å². The van der Waals surface area contributed by atoms with Crippen molar-refractivity contribution in [1.82, 2.24) is 4.90 Å². The molecule has 1 atom stereocenters. The van der Waals surface area contributed by atoms with Gasteiger partial charge in [-0.3, -0.25) is 4.79 Å². The zero-order valence-electron chi connectivity index (χ0n) is 13.9. The van der Waals surface area contributed by atoms with E-state index in [1.807, 2.05) is 24.1 Å². The molecule has 3 heteroatoms. The molecule has 1 N–H and O–H groups in total. The highest BCUT2D eigenvalue weighted by Crippen LogP contribution is 2.31. The Morgan fingerprint density at radius 2 is 1.74 bits per heavy atom. The molecule has 0 heterocycles. The molecule has 3 nitrogen and oxygen atoms in total. The topological polar surface area (TPSA) is 40.5 Å². The summed E-state index contributed by atoms with van der Waals surface area (Å²) in [6, 6.07) is 14.6. The molecule has 0 aliphatic heterocycles. The van der Waals surface area contributed by atoms with E-state index in [1.165, 1.54) is 16.3 Å². The summed E-state index contributed by atoms with van der Waals surface area (Å²) < 4.78 is 0. The van der Waals surface area contributed by atoms with Crippen LogP contribution in [-0.4, -0.2) is 29.1 Å². The Labute approximate surface area is 137 Å². The zero-order chi connectivity index (χ0) is 16.4. The Balaban J connectivity index is 1.81. The first-order chi connectivity index (χ1) is 11.1. The SMILES string of the molecule is C[C@@H](c1cccc2ccccc12)N(C)C(=O)C1CCC(O)CC1. The Kier molecular flexibility index (Phi) is 4.67. The molecule has 2 aromatic carbocycles. The van der Waals surface area contributed by atoms with Gasteiger partial charge in [-0.25, -0.2) is 0 Å². The van der Waals surface area contributed by atoms with Crippen molar-refractivity contribution < 1.29 is 9.90 Å². The van der Waals surface area contributed by atoms with Gasteiger partial charge in [-0.15, -0.1) is 0 Å². The van der Waals surface area contributed by atoms with Crippen LogP contribution in [0.1, 0.15) is 44.2 Å². The maximum absolute atomic E-state index is 12.8.